The smallest absolute Gasteiger partial charge is 0.226 e. The number of rotatable bonds is 7. The second-order valence-electron chi connectivity index (χ2n) is 8.70. The second-order valence-corrected chi connectivity index (χ2v) is 8.70. The number of methoxy groups -OCH3 is 1. The number of amides is 1. The lowest BCUT2D eigenvalue weighted by Gasteiger charge is -2.36. The predicted molar refractivity (Wildman–Crippen MR) is 122 cm³/mol. The fourth-order valence-electron chi connectivity index (χ4n) is 4.83. The molecule has 1 aromatic carbocycles. The van der Waals surface area contributed by atoms with Gasteiger partial charge in [-0.1, -0.05) is 24.3 Å². The molecule has 1 aromatic heterocycles. The van der Waals surface area contributed by atoms with Gasteiger partial charge in [0.25, 0.3) is 0 Å². The van der Waals surface area contributed by atoms with Crippen LogP contribution in [0.1, 0.15) is 37.3 Å². The van der Waals surface area contributed by atoms with Crippen molar-refractivity contribution in [3.63, 3.8) is 0 Å². The summed E-state index contributed by atoms with van der Waals surface area (Å²) in [5.74, 6) is 1.69. The van der Waals surface area contributed by atoms with E-state index in [2.05, 4.69) is 41.3 Å². The van der Waals surface area contributed by atoms with Crippen LogP contribution in [0.3, 0.4) is 0 Å². The largest absolute Gasteiger partial charge is 0.497 e. The summed E-state index contributed by atoms with van der Waals surface area (Å²) in [6.07, 6.45) is 11.5. The maximum atomic E-state index is 13.4. The SMILES string of the molecule is CCn1cc(CN2CCC([C@@H]3CC=CCN(Cc4cccc(OC)c4)C3=O)CC2)cn1. The van der Waals surface area contributed by atoms with E-state index in [0.29, 0.717) is 24.9 Å². The van der Waals surface area contributed by atoms with Gasteiger partial charge in [0.05, 0.1) is 13.3 Å². The Balaban J connectivity index is 1.35. The summed E-state index contributed by atoms with van der Waals surface area (Å²) in [5.41, 5.74) is 2.39. The van der Waals surface area contributed by atoms with Crippen LogP contribution in [0, 0.1) is 11.8 Å². The molecule has 0 saturated carbocycles. The van der Waals surface area contributed by atoms with Crippen LogP contribution in [0.15, 0.2) is 48.8 Å². The van der Waals surface area contributed by atoms with Crippen LogP contribution in [0.5, 0.6) is 5.75 Å². The first kappa shape index (κ1) is 21.6. The fourth-order valence-corrected chi connectivity index (χ4v) is 4.83. The number of carbonyl (C=O) groups excluding carboxylic acids is 1. The van der Waals surface area contributed by atoms with Gasteiger partial charge in [-0.25, -0.2) is 0 Å². The van der Waals surface area contributed by atoms with Crippen molar-refractivity contribution in [1.29, 1.82) is 0 Å². The number of nitrogens with zero attached hydrogens (tertiary/aromatic N) is 4. The zero-order chi connectivity index (χ0) is 21.6. The number of allylic oxidation sites excluding steroid dienone is 1. The summed E-state index contributed by atoms with van der Waals surface area (Å²) >= 11 is 0. The second kappa shape index (κ2) is 10.1. The molecule has 0 unspecified atom stereocenters. The Morgan fingerprint density at radius 2 is 1.97 bits per heavy atom. The molecule has 0 N–H and O–H groups in total. The van der Waals surface area contributed by atoms with Crippen molar-refractivity contribution in [1.82, 2.24) is 19.6 Å². The molecule has 6 nitrogen and oxygen atoms in total. The molecule has 4 rings (SSSR count). The van der Waals surface area contributed by atoms with Crippen molar-refractivity contribution in [2.75, 3.05) is 26.7 Å². The van der Waals surface area contributed by atoms with Crippen LogP contribution in [0.25, 0.3) is 0 Å². The first-order valence-electron chi connectivity index (χ1n) is 11.5. The summed E-state index contributed by atoms with van der Waals surface area (Å²) in [6.45, 7) is 7.39. The molecule has 1 atom stereocenters. The molecule has 0 aliphatic carbocycles. The number of carbonyl (C=O) groups is 1. The van der Waals surface area contributed by atoms with Gasteiger partial charge in [-0.3, -0.25) is 14.4 Å². The molecule has 1 amide bonds. The summed E-state index contributed by atoms with van der Waals surface area (Å²) in [7, 11) is 1.68. The van der Waals surface area contributed by atoms with Gasteiger partial charge in [-0.05, 0) is 62.9 Å². The summed E-state index contributed by atoms with van der Waals surface area (Å²) in [6, 6.07) is 8.02. The third-order valence-electron chi connectivity index (χ3n) is 6.64. The quantitative estimate of drug-likeness (QED) is 0.638. The number of aryl methyl sites for hydroxylation is 1. The van der Waals surface area contributed by atoms with Crippen molar-refractivity contribution >= 4 is 5.91 Å². The van der Waals surface area contributed by atoms with E-state index in [9.17, 15) is 4.79 Å². The van der Waals surface area contributed by atoms with Gasteiger partial charge in [-0.2, -0.15) is 5.10 Å². The number of hydrogen-bond donors (Lipinski definition) is 0. The highest BCUT2D eigenvalue weighted by Gasteiger charge is 2.34. The summed E-state index contributed by atoms with van der Waals surface area (Å²) in [5, 5.41) is 4.39. The number of ether oxygens (including phenoxy) is 1. The average Bonchev–Trinajstić information content (AvgIpc) is 3.18. The number of aromatic nitrogens is 2. The third kappa shape index (κ3) is 5.37. The van der Waals surface area contributed by atoms with Crippen molar-refractivity contribution in [3.05, 3.63) is 59.9 Å². The number of piperidine rings is 1. The lowest BCUT2D eigenvalue weighted by molar-refractivity contribution is -0.137. The molecule has 1 fully saturated rings. The fraction of sp³-hybridized carbons (Fsp3) is 0.520. The lowest BCUT2D eigenvalue weighted by atomic mass is 9.81. The molecule has 1 saturated heterocycles. The molecule has 2 aromatic rings. The minimum absolute atomic E-state index is 0.0920. The number of likely N-dealkylation sites (tertiary alicyclic amines) is 1. The van der Waals surface area contributed by atoms with Crippen LogP contribution in [0.4, 0.5) is 0 Å². The van der Waals surface area contributed by atoms with E-state index in [0.717, 1.165) is 56.8 Å². The van der Waals surface area contributed by atoms with Gasteiger partial charge in [-0.15, -0.1) is 0 Å². The zero-order valence-corrected chi connectivity index (χ0v) is 18.7. The number of benzene rings is 1. The predicted octanol–water partition coefficient (Wildman–Crippen LogP) is 3.73. The Kier molecular flexibility index (Phi) is 7.07. The van der Waals surface area contributed by atoms with Crippen LogP contribution in [0.2, 0.25) is 0 Å². The first-order valence-corrected chi connectivity index (χ1v) is 11.5. The van der Waals surface area contributed by atoms with E-state index >= 15 is 0 Å². The Morgan fingerprint density at radius 1 is 1.13 bits per heavy atom. The first-order chi connectivity index (χ1) is 15.2. The Labute approximate surface area is 185 Å². The van der Waals surface area contributed by atoms with Gasteiger partial charge >= 0.3 is 0 Å². The van der Waals surface area contributed by atoms with Gasteiger partial charge < -0.3 is 9.64 Å². The molecular formula is C25H34N4O2. The molecule has 31 heavy (non-hydrogen) atoms. The van der Waals surface area contributed by atoms with E-state index in [1.165, 1.54) is 5.56 Å². The van der Waals surface area contributed by atoms with Gasteiger partial charge in [0, 0.05) is 43.9 Å². The molecule has 0 spiro atoms. The summed E-state index contributed by atoms with van der Waals surface area (Å²) in [4.78, 5) is 17.9. The van der Waals surface area contributed by atoms with E-state index in [1.54, 1.807) is 7.11 Å². The van der Waals surface area contributed by atoms with Crippen molar-refractivity contribution < 1.29 is 9.53 Å². The van der Waals surface area contributed by atoms with Gasteiger partial charge in [0.2, 0.25) is 5.91 Å². The van der Waals surface area contributed by atoms with E-state index in [1.807, 2.05) is 34.0 Å². The highest BCUT2D eigenvalue weighted by molar-refractivity contribution is 5.80. The molecule has 0 bridgehead atoms. The Bertz CT molecular complexity index is 898. The zero-order valence-electron chi connectivity index (χ0n) is 18.7. The maximum absolute atomic E-state index is 13.4. The monoisotopic (exact) mass is 422 g/mol. The Morgan fingerprint density at radius 3 is 2.71 bits per heavy atom. The number of hydrogen-bond acceptors (Lipinski definition) is 4. The van der Waals surface area contributed by atoms with Crippen molar-refractivity contribution in [2.45, 2.75) is 45.8 Å². The standard InChI is InChI=1S/C25H34N4O2/c1-3-29-19-21(16-26-29)17-27-13-10-22(11-14-27)24-9-4-5-12-28(25(24)30)18-20-7-6-8-23(15-20)31-2/h4-8,15-16,19,22,24H,3,9-14,17-18H2,1-2H3/t24-/m0/s1. The maximum Gasteiger partial charge on any atom is 0.226 e. The van der Waals surface area contributed by atoms with Crippen LogP contribution in [-0.2, 0) is 24.4 Å². The minimum Gasteiger partial charge on any atom is -0.497 e. The van der Waals surface area contributed by atoms with E-state index < -0.39 is 0 Å². The van der Waals surface area contributed by atoms with Crippen LogP contribution >= 0.6 is 0 Å². The minimum atomic E-state index is 0.0920. The molecule has 2 aliphatic rings. The van der Waals surface area contributed by atoms with Crippen molar-refractivity contribution in [3.8, 4) is 5.75 Å². The normalized spacial score (nSPS) is 20.8. The molecule has 6 heteroatoms. The summed E-state index contributed by atoms with van der Waals surface area (Å²) < 4.78 is 7.33. The molecular weight excluding hydrogens is 388 g/mol. The molecule has 2 aliphatic heterocycles. The topological polar surface area (TPSA) is 50.6 Å². The average molecular weight is 423 g/mol. The lowest BCUT2D eigenvalue weighted by Crippen LogP contribution is -2.42. The van der Waals surface area contributed by atoms with E-state index in [4.69, 9.17) is 4.74 Å². The van der Waals surface area contributed by atoms with E-state index in [-0.39, 0.29) is 5.92 Å². The highest BCUT2D eigenvalue weighted by atomic mass is 16.5. The molecule has 0 radical (unpaired) electrons. The van der Waals surface area contributed by atoms with Gasteiger partial charge in [0.15, 0.2) is 0 Å². The molecule has 166 valence electrons. The van der Waals surface area contributed by atoms with Crippen LogP contribution < -0.4 is 4.74 Å². The molecule has 3 heterocycles. The third-order valence-corrected chi connectivity index (χ3v) is 6.64. The van der Waals surface area contributed by atoms with Gasteiger partial charge in [0.1, 0.15) is 5.75 Å². The highest BCUT2D eigenvalue weighted by Crippen LogP contribution is 2.31. The van der Waals surface area contributed by atoms with Crippen LogP contribution in [-0.4, -0.2) is 52.2 Å². The Hall–Kier alpha value is -2.60. The van der Waals surface area contributed by atoms with Crippen molar-refractivity contribution in [2.24, 2.45) is 11.8 Å².